The van der Waals surface area contributed by atoms with Gasteiger partial charge in [-0.2, -0.15) is 9.98 Å². The number of fused-ring (bicyclic) bond motifs is 1. The normalized spacial score (nSPS) is 18.8. The van der Waals surface area contributed by atoms with Crippen LogP contribution in [0.15, 0.2) is 29.5 Å². The highest BCUT2D eigenvalue weighted by Crippen LogP contribution is 2.32. The Morgan fingerprint density at radius 2 is 1.85 bits per heavy atom. The molecule has 1 saturated heterocycles. The second-order valence-corrected chi connectivity index (χ2v) is 11.9. The van der Waals surface area contributed by atoms with Gasteiger partial charge in [-0.05, 0) is 56.7 Å². The van der Waals surface area contributed by atoms with Crippen molar-refractivity contribution >= 4 is 23.8 Å². The Hall–Kier alpha value is -3.26. The Kier molecular flexibility index (Phi) is 9.38. The molecule has 8 heteroatoms. The van der Waals surface area contributed by atoms with Crippen molar-refractivity contribution < 1.29 is 5.11 Å². The highest BCUT2D eigenvalue weighted by atomic mass is 16.3. The van der Waals surface area contributed by atoms with Gasteiger partial charge in [0.2, 0.25) is 0 Å². The minimum atomic E-state index is 0.276. The summed E-state index contributed by atoms with van der Waals surface area (Å²) in [5, 5.41) is 12.0. The predicted molar refractivity (Wildman–Crippen MR) is 167 cm³/mol. The number of unbranched alkanes of at least 4 members (excludes halogenated alkanes) is 1. The van der Waals surface area contributed by atoms with E-state index < -0.39 is 0 Å². The van der Waals surface area contributed by atoms with Crippen molar-refractivity contribution in [2.24, 2.45) is 10.9 Å². The molecule has 1 saturated carbocycles. The maximum atomic E-state index is 10.5. The molecule has 8 nitrogen and oxygen atoms in total. The summed E-state index contributed by atoms with van der Waals surface area (Å²) >= 11 is 0. The summed E-state index contributed by atoms with van der Waals surface area (Å²) in [7, 11) is 0. The Bertz CT molecular complexity index is 1460. The minimum absolute atomic E-state index is 0.276. The summed E-state index contributed by atoms with van der Waals surface area (Å²) in [6, 6.07) is 4.39. The Labute approximate surface area is 244 Å². The van der Waals surface area contributed by atoms with Gasteiger partial charge in [0.1, 0.15) is 5.82 Å². The van der Waals surface area contributed by atoms with E-state index in [2.05, 4.69) is 50.8 Å². The van der Waals surface area contributed by atoms with Gasteiger partial charge in [0.25, 0.3) is 5.62 Å². The van der Waals surface area contributed by atoms with Crippen LogP contribution >= 0.6 is 0 Å². The fraction of sp³-hybridized carbons (Fsp3) is 0.576. The van der Waals surface area contributed by atoms with E-state index in [0.717, 1.165) is 78.1 Å². The molecule has 1 N–H and O–H groups in total. The number of aliphatic hydroxyl groups excluding tert-OH is 1. The summed E-state index contributed by atoms with van der Waals surface area (Å²) in [6.07, 6.45) is 13.5. The second-order valence-electron chi connectivity index (χ2n) is 11.9. The average molecular weight is 558 g/mol. The molecule has 1 unspecified atom stereocenters. The summed E-state index contributed by atoms with van der Waals surface area (Å²) in [4.78, 5) is 23.9. The lowest BCUT2D eigenvalue weighted by molar-refractivity contribution is 0.208. The molecule has 41 heavy (non-hydrogen) atoms. The lowest BCUT2D eigenvalue weighted by Crippen LogP contribution is -2.47. The van der Waals surface area contributed by atoms with Crippen LogP contribution in [0.1, 0.15) is 83.7 Å². The molecule has 0 bridgehead atoms. The maximum Gasteiger partial charge on any atom is 0.253 e. The van der Waals surface area contributed by atoms with E-state index in [1.807, 2.05) is 25.4 Å². The highest BCUT2D eigenvalue weighted by Gasteiger charge is 2.24. The number of nitrogens with zero attached hydrogens (tertiary/aromatic N) is 7. The number of hydrogen-bond acceptors (Lipinski definition) is 7. The third-order valence-corrected chi connectivity index (χ3v) is 9.14. The third-order valence-electron chi connectivity index (χ3n) is 9.14. The molecule has 2 fully saturated rings. The average Bonchev–Trinajstić information content (AvgIpc) is 3.50. The predicted octanol–water partition coefficient (Wildman–Crippen LogP) is 4.87. The van der Waals surface area contributed by atoms with Crippen molar-refractivity contribution in [3.8, 4) is 11.4 Å². The second kappa shape index (κ2) is 13.1. The van der Waals surface area contributed by atoms with E-state index in [9.17, 15) is 5.11 Å². The number of aliphatic hydroxyl groups is 1. The van der Waals surface area contributed by atoms with Crippen molar-refractivity contribution in [3.63, 3.8) is 0 Å². The van der Waals surface area contributed by atoms with Crippen LogP contribution in [0.4, 0.5) is 11.5 Å². The van der Waals surface area contributed by atoms with Crippen molar-refractivity contribution in [2.75, 3.05) is 37.6 Å². The molecule has 0 radical (unpaired) electrons. The van der Waals surface area contributed by atoms with Gasteiger partial charge in [0, 0.05) is 61.1 Å². The first-order valence-corrected chi connectivity index (χ1v) is 15.6. The van der Waals surface area contributed by atoms with E-state index in [1.54, 1.807) is 6.92 Å². The third kappa shape index (κ3) is 6.48. The van der Waals surface area contributed by atoms with Crippen molar-refractivity contribution in [2.45, 2.75) is 85.1 Å². The molecule has 1 atom stereocenters. The minimum Gasteiger partial charge on any atom is -0.512 e. The molecule has 0 aromatic carbocycles. The van der Waals surface area contributed by atoms with Crippen molar-refractivity contribution in [1.29, 1.82) is 0 Å². The van der Waals surface area contributed by atoms with E-state index in [1.165, 1.54) is 45.1 Å². The fourth-order valence-corrected chi connectivity index (χ4v) is 6.71. The first-order chi connectivity index (χ1) is 19.9. The van der Waals surface area contributed by atoms with Crippen LogP contribution in [-0.4, -0.2) is 62.2 Å². The number of hydrogen-bond donors (Lipinski definition) is 1. The van der Waals surface area contributed by atoms with Gasteiger partial charge in [-0.25, -0.2) is 9.97 Å². The maximum absolute atomic E-state index is 10.5. The van der Waals surface area contributed by atoms with Crippen molar-refractivity contribution in [3.05, 3.63) is 46.3 Å². The van der Waals surface area contributed by atoms with E-state index in [-0.39, 0.29) is 5.76 Å². The molecular formula is C33H47N7O. The van der Waals surface area contributed by atoms with Crippen LogP contribution in [0.25, 0.3) is 23.7 Å². The number of pyridine rings is 2. The molecule has 1 aliphatic carbocycles. The zero-order valence-corrected chi connectivity index (χ0v) is 25.4. The monoisotopic (exact) mass is 557 g/mol. The topological polar surface area (TPSA) is 82.7 Å². The molecule has 1 aromatic heterocycles. The van der Waals surface area contributed by atoms with E-state index >= 15 is 0 Å². The molecule has 3 aliphatic heterocycles. The summed E-state index contributed by atoms with van der Waals surface area (Å²) in [6.45, 7) is 18.2. The Morgan fingerprint density at radius 1 is 1.10 bits per heavy atom. The van der Waals surface area contributed by atoms with Crippen LogP contribution in [0.2, 0.25) is 0 Å². The quantitative estimate of drug-likeness (QED) is 0.404. The highest BCUT2D eigenvalue weighted by molar-refractivity contribution is 5.62. The number of anilines is 1. The van der Waals surface area contributed by atoms with Gasteiger partial charge in [-0.1, -0.05) is 52.5 Å². The number of aromatic nitrogens is 4. The zero-order chi connectivity index (χ0) is 28.9. The smallest absolute Gasteiger partial charge is 0.253 e. The standard InChI is InChI=1S/C33H47N7O/c1-6-8-11-26(7-2)22-38-16-18-39(19-17-38)28-14-15-30(34-20-28)36-33-35-21-29-23(3)31(25(5)41)24(4)40(32(29)37-33)27-12-9-10-13-27/h14-15,20-21,26-27,41H,4,6-13,16-19,22H2,1-3,5H3/b31-25+,36-33?. The lowest BCUT2D eigenvalue weighted by atomic mass is 9.98. The fourth-order valence-electron chi connectivity index (χ4n) is 6.71. The van der Waals surface area contributed by atoms with Crippen LogP contribution in [0.3, 0.4) is 0 Å². The van der Waals surface area contributed by atoms with Gasteiger partial charge in [0.15, 0.2) is 5.82 Å². The van der Waals surface area contributed by atoms with Gasteiger partial charge < -0.3 is 14.6 Å². The largest absolute Gasteiger partial charge is 0.512 e. The molecule has 0 amide bonds. The Balaban J connectivity index is 1.35. The summed E-state index contributed by atoms with van der Waals surface area (Å²) in [5.74, 6) is 2.52. The number of rotatable bonds is 9. The molecule has 4 aliphatic rings. The molecule has 0 spiro atoms. The SMILES string of the molecule is C=c1/c(=C(\C)O)c(C)c2cnc(=Nc3ccc(N4CCN(CC(CC)CCCC)CC4)cn3)nc-2n1C1CCCC1. The van der Waals surface area contributed by atoms with E-state index in [4.69, 9.17) is 9.98 Å². The van der Waals surface area contributed by atoms with Crippen LogP contribution in [-0.2, 0) is 0 Å². The number of piperazine rings is 1. The first kappa shape index (κ1) is 29.2. The first-order valence-electron chi connectivity index (χ1n) is 15.6. The van der Waals surface area contributed by atoms with Crippen LogP contribution < -0.4 is 21.1 Å². The summed E-state index contributed by atoms with van der Waals surface area (Å²) in [5.41, 5.74) is 3.40. The van der Waals surface area contributed by atoms with Crippen LogP contribution in [0.5, 0.6) is 0 Å². The van der Waals surface area contributed by atoms with Gasteiger partial charge in [-0.15, -0.1) is 0 Å². The van der Waals surface area contributed by atoms with Crippen molar-refractivity contribution in [1.82, 2.24) is 24.4 Å². The van der Waals surface area contributed by atoms with Crippen LogP contribution in [0, 0.1) is 12.8 Å². The Morgan fingerprint density at radius 3 is 2.49 bits per heavy atom. The zero-order valence-electron chi connectivity index (χ0n) is 25.4. The molecular weight excluding hydrogens is 510 g/mol. The molecule has 4 heterocycles. The van der Waals surface area contributed by atoms with Gasteiger partial charge >= 0.3 is 0 Å². The van der Waals surface area contributed by atoms with E-state index in [0.29, 0.717) is 17.5 Å². The summed E-state index contributed by atoms with van der Waals surface area (Å²) < 4.78 is 2.20. The molecule has 1 aromatic rings. The molecule has 220 valence electrons. The van der Waals surface area contributed by atoms with Gasteiger partial charge in [-0.3, -0.25) is 4.90 Å². The lowest BCUT2D eigenvalue weighted by Gasteiger charge is -2.37. The van der Waals surface area contributed by atoms with Gasteiger partial charge in [0.05, 0.1) is 17.6 Å². The molecule has 5 rings (SSSR count).